The fraction of sp³-hybridized carbons (Fsp3) is 0.643. The normalized spacial score (nSPS) is 18.9. The van der Waals surface area contributed by atoms with Crippen molar-refractivity contribution in [3.05, 3.63) is 17.0 Å². The van der Waals surface area contributed by atoms with Crippen molar-refractivity contribution >= 4 is 11.9 Å². The van der Waals surface area contributed by atoms with Gasteiger partial charge in [-0.3, -0.25) is 14.3 Å². The maximum Gasteiger partial charge on any atom is 0.308 e. The van der Waals surface area contributed by atoms with Gasteiger partial charge in [0, 0.05) is 25.2 Å². The quantitative estimate of drug-likeness (QED) is 0.872. The van der Waals surface area contributed by atoms with Crippen molar-refractivity contribution in [2.45, 2.75) is 40.2 Å². The Labute approximate surface area is 118 Å². The Kier molecular flexibility index (Phi) is 4.11. The molecule has 110 valence electrons. The molecular weight excluding hydrogens is 258 g/mol. The Morgan fingerprint density at radius 1 is 1.40 bits per heavy atom. The molecule has 20 heavy (non-hydrogen) atoms. The molecule has 0 radical (unpaired) electrons. The van der Waals surface area contributed by atoms with E-state index in [4.69, 9.17) is 5.11 Å². The molecule has 1 aliphatic rings. The van der Waals surface area contributed by atoms with Gasteiger partial charge >= 0.3 is 5.97 Å². The summed E-state index contributed by atoms with van der Waals surface area (Å²) in [5.74, 6) is -1.52. The summed E-state index contributed by atoms with van der Waals surface area (Å²) in [6.45, 7) is 7.57. The smallest absolute Gasteiger partial charge is 0.308 e. The predicted octanol–water partition coefficient (Wildman–Crippen LogP) is 0.995. The highest BCUT2D eigenvalue weighted by molar-refractivity contribution is 5.86. The van der Waals surface area contributed by atoms with Crippen LogP contribution in [0.3, 0.4) is 0 Å². The molecule has 0 unspecified atom stereocenters. The van der Waals surface area contributed by atoms with Gasteiger partial charge in [0.2, 0.25) is 5.91 Å². The van der Waals surface area contributed by atoms with Crippen molar-refractivity contribution in [3.63, 3.8) is 0 Å². The lowest BCUT2D eigenvalue weighted by Gasteiger charge is -2.16. The molecule has 0 aromatic carbocycles. The molecular formula is C14H21N3O3. The van der Waals surface area contributed by atoms with Gasteiger partial charge in [0.05, 0.1) is 18.2 Å². The number of hydrogen-bond donors (Lipinski definition) is 1. The average molecular weight is 279 g/mol. The molecule has 1 amide bonds. The van der Waals surface area contributed by atoms with Gasteiger partial charge in [-0.05, 0) is 25.8 Å². The zero-order valence-corrected chi connectivity index (χ0v) is 12.2. The van der Waals surface area contributed by atoms with E-state index >= 15 is 0 Å². The summed E-state index contributed by atoms with van der Waals surface area (Å²) in [5.41, 5.74) is 3.41. The molecule has 0 spiro atoms. The Balaban J connectivity index is 1.99. The molecule has 1 N–H and O–H groups in total. The summed E-state index contributed by atoms with van der Waals surface area (Å²) >= 11 is 0. The summed E-state index contributed by atoms with van der Waals surface area (Å²) in [4.78, 5) is 24.3. The van der Waals surface area contributed by atoms with E-state index in [9.17, 15) is 9.59 Å². The topological polar surface area (TPSA) is 75.4 Å². The first-order chi connectivity index (χ1) is 9.43. The molecule has 1 atom stereocenters. The van der Waals surface area contributed by atoms with E-state index in [1.807, 2.05) is 18.5 Å². The zero-order valence-electron chi connectivity index (χ0n) is 12.2. The van der Waals surface area contributed by atoms with Gasteiger partial charge in [-0.15, -0.1) is 0 Å². The van der Waals surface area contributed by atoms with Crippen LogP contribution in [-0.4, -0.2) is 44.8 Å². The highest BCUT2D eigenvalue weighted by atomic mass is 16.4. The number of hydrogen-bond acceptors (Lipinski definition) is 3. The number of aliphatic carboxylic acids is 1. The third kappa shape index (κ3) is 2.69. The van der Waals surface area contributed by atoms with Crippen LogP contribution in [0.1, 0.15) is 30.3 Å². The minimum atomic E-state index is -0.889. The van der Waals surface area contributed by atoms with Crippen LogP contribution >= 0.6 is 0 Å². The standard InChI is InChI=1S/C14H21N3O3/c1-4-12-9(2)15-17(10(12)3)6-5-16-8-11(14(19)20)7-13(16)18/h11H,4-8H2,1-3H3,(H,19,20)/t11-/m0/s1. The number of carbonyl (C=O) groups excluding carboxylic acids is 1. The van der Waals surface area contributed by atoms with E-state index in [0.29, 0.717) is 19.6 Å². The van der Waals surface area contributed by atoms with Crippen LogP contribution in [0.15, 0.2) is 0 Å². The van der Waals surface area contributed by atoms with Crippen LogP contribution in [0.4, 0.5) is 0 Å². The zero-order chi connectivity index (χ0) is 14.9. The summed E-state index contributed by atoms with van der Waals surface area (Å²) < 4.78 is 1.91. The summed E-state index contributed by atoms with van der Waals surface area (Å²) in [5, 5.41) is 13.4. The van der Waals surface area contributed by atoms with Crippen molar-refractivity contribution in [3.8, 4) is 0 Å². The van der Waals surface area contributed by atoms with Crippen molar-refractivity contribution in [2.75, 3.05) is 13.1 Å². The van der Waals surface area contributed by atoms with Crippen LogP contribution in [0.25, 0.3) is 0 Å². The lowest BCUT2D eigenvalue weighted by molar-refractivity contribution is -0.141. The Bertz CT molecular complexity index is 536. The first-order valence-electron chi connectivity index (χ1n) is 6.97. The van der Waals surface area contributed by atoms with Gasteiger partial charge in [-0.25, -0.2) is 0 Å². The second kappa shape index (κ2) is 5.64. The minimum absolute atomic E-state index is 0.0744. The molecule has 0 aliphatic carbocycles. The van der Waals surface area contributed by atoms with Gasteiger partial charge in [0.15, 0.2) is 0 Å². The average Bonchev–Trinajstić information content (AvgIpc) is 2.88. The largest absolute Gasteiger partial charge is 0.481 e. The van der Waals surface area contributed by atoms with Crippen molar-refractivity contribution in [1.82, 2.24) is 14.7 Å². The van der Waals surface area contributed by atoms with E-state index in [0.717, 1.165) is 17.8 Å². The summed E-state index contributed by atoms with van der Waals surface area (Å²) in [7, 11) is 0. The molecule has 0 saturated carbocycles. The minimum Gasteiger partial charge on any atom is -0.481 e. The van der Waals surface area contributed by atoms with Crippen molar-refractivity contribution in [1.29, 1.82) is 0 Å². The Hall–Kier alpha value is -1.85. The third-order valence-electron chi connectivity index (χ3n) is 4.03. The summed E-state index contributed by atoms with van der Waals surface area (Å²) in [6.07, 6.45) is 1.06. The highest BCUT2D eigenvalue weighted by Gasteiger charge is 2.33. The number of aromatic nitrogens is 2. The number of carboxylic acid groups (broad SMARTS) is 1. The number of carbonyl (C=O) groups is 2. The van der Waals surface area contributed by atoms with Crippen molar-refractivity contribution < 1.29 is 14.7 Å². The maximum atomic E-state index is 11.8. The molecule has 1 aromatic rings. The van der Waals surface area contributed by atoms with E-state index in [-0.39, 0.29) is 12.3 Å². The molecule has 1 aromatic heterocycles. The van der Waals surface area contributed by atoms with Crippen LogP contribution in [0.5, 0.6) is 0 Å². The van der Waals surface area contributed by atoms with Gasteiger partial charge in [0.25, 0.3) is 0 Å². The number of rotatable bonds is 5. The first kappa shape index (κ1) is 14.6. The molecule has 1 aliphatic heterocycles. The fourth-order valence-corrected chi connectivity index (χ4v) is 2.83. The Morgan fingerprint density at radius 3 is 2.60 bits per heavy atom. The number of carboxylic acids is 1. The van der Waals surface area contributed by atoms with Crippen LogP contribution in [0, 0.1) is 19.8 Å². The molecule has 6 heteroatoms. The number of aryl methyl sites for hydroxylation is 1. The van der Waals surface area contributed by atoms with Gasteiger partial charge in [-0.1, -0.05) is 6.92 Å². The van der Waals surface area contributed by atoms with E-state index in [1.165, 1.54) is 5.56 Å². The SMILES string of the molecule is CCc1c(C)nn(CCN2C[C@@H](C(=O)O)CC2=O)c1C. The van der Waals surface area contributed by atoms with E-state index in [1.54, 1.807) is 4.90 Å². The number of nitrogens with zero attached hydrogens (tertiary/aromatic N) is 3. The molecule has 6 nitrogen and oxygen atoms in total. The number of amides is 1. The fourth-order valence-electron chi connectivity index (χ4n) is 2.83. The Morgan fingerprint density at radius 2 is 2.10 bits per heavy atom. The van der Waals surface area contributed by atoms with Gasteiger partial charge in [0.1, 0.15) is 0 Å². The molecule has 1 fully saturated rings. The maximum absolute atomic E-state index is 11.8. The first-order valence-corrected chi connectivity index (χ1v) is 6.97. The highest BCUT2D eigenvalue weighted by Crippen LogP contribution is 2.18. The third-order valence-corrected chi connectivity index (χ3v) is 4.03. The van der Waals surface area contributed by atoms with E-state index in [2.05, 4.69) is 12.0 Å². The van der Waals surface area contributed by atoms with Crippen LogP contribution in [0.2, 0.25) is 0 Å². The van der Waals surface area contributed by atoms with Gasteiger partial charge in [-0.2, -0.15) is 5.10 Å². The molecule has 0 bridgehead atoms. The second-order valence-corrected chi connectivity index (χ2v) is 5.31. The van der Waals surface area contributed by atoms with E-state index < -0.39 is 11.9 Å². The molecule has 1 saturated heterocycles. The molecule has 2 rings (SSSR count). The van der Waals surface area contributed by atoms with Crippen LogP contribution in [-0.2, 0) is 22.6 Å². The lowest BCUT2D eigenvalue weighted by atomic mass is 10.1. The van der Waals surface area contributed by atoms with Crippen molar-refractivity contribution in [2.24, 2.45) is 5.92 Å². The van der Waals surface area contributed by atoms with Crippen LogP contribution < -0.4 is 0 Å². The summed E-state index contributed by atoms with van der Waals surface area (Å²) in [6, 6.07) is 0. The number of likely N-dealkylation sites (tertiary alicyclic amines) is 1. The monoisotopic (exact) mass is 279 g/mol. The predicted molar refractivity (Wildman–Crippen MR) is 73.4 cm³/mol. The second-order valence-electron chi connectivity index (χ2n) is 5.31. The van der Waals surface area contributed by atoms with Gasteiger partial charge < -0.3 is 10.0 Å². The molecule has 2 heterocycles. The lowest BCUT2D eigenvalue weighted by Crippen LogP contribution is -2.30.